The predicted octanol–water partition coefficient (Wildman–Crippen LogP) is 0.401. The average Bonchev–Trinajstić information content (AvgIpc) is 2.40. The lowest BCUT2D eigenvalue weighted by atomic mass is 10.3. The van der Waals surface area contributed by atoms with E-state index in [1.807, 2.05) is 13.0 Å². The van der Waals surface area contributed by atoms with E-state index in [2.05, 4.69) is 27.3 Å². The van der Waals surface area contributed by atoms with E-state index in [1.54, 1.807) is 6.07 Å². The van der Waals surface area contributed by atoms with Crippen LogP contribution in [-0.2, 0) is 0 Å². The van der Waals surface area contributed by atoms with Gasteiger partial charge < -0.3 is 16.0 Å². The van der Waals surface area contributed by atoms with Gasteiger partial charge in [-0.3, -0.25) is 4.79 Å². The van der Waals surface area contributed by atoms with Crippen LogP contribution < -0.4 is 16.0 Å². The molecule has 1 rings (SSSR count). The maximum absolute atomic E-state index is 11.5. The second kappa shape index (κ2) is 7.60. The summed E-state index contributed by atoms with van der Waals surface area (Å²) in [7, 11) is 0. The highest BCUT2D eigenvalue weighted by Gasteiger charge is 2.09. The summed E-state index contributed by atoms with van der Waals surface area (Å²) < 4.78 is 0. The van der Waals surface area contributed by atoms with Gasteiger partial charge in [0.05, 0.1) is 0 Å². The first-order chi connectivity index (χ1) is 8.72. The molecule has 0 atom stereocenters. The van der Waals surface area contributed by atoms with Gasteiger partial charge in [-0.05, 0) is 38.9 Å². The van der Waals surface area contributed by atoms with Crippen molar-refractivity contribution >= 4 is 11.7 Å². The zero-order valence-electron chi connectivity index (χ0n) is 11.0. The van der Waals surface area contributed by atoms with E-state index in [-0.39, 0.29) is 5.91 Å². The van der Waals surface area contributed by atoms with Crippen LogP contribution in [-0.4, -0.2) is 42.3 Å². The Morgan fingerprint density at radius 2 is 2.17 bits per heavy atom. The summed E-state index contributed by atoms with van der Waals surface area (Å²) >= 11 is 0. The molecular formula is C12H21N5O. The minimum Gasteiger partial charge on any atom is -0.355 e. The Hall–Kier alpha value is -1.69. The Kier molecular flexibility index (Phi) is 6.07. The molecule has 18 heavy (non-hydrogen) atoms. The molecule has 0 unspecified atom stereocenters. The first-order valence-electron chi connectivity index (χ1n) is 6.29. The second-order valence-electron chi connectivity index (χ2n) is 3.86. The van der Waals surface area contributed by atoms with Crippen molar-refractivity contribution in [1.29, 1.82) is 0 Å². The molecule has 0 aromatic carbocycles. The minimum absolute atomic E-state index is 0.193. The molecule has 0 radical (unpaired) electrons. The smallest absolute Gasteiger partial charge is 0.271 e. The third-order valence-corrected chi connectivity index (χ3v) is 2.56. The van der Waals surface area contributed by atoms with E-state index < -0.39 is 0 Å². The molecule has 0 saturated carbocycles. The molecule has 0 aliphatic heterocycles. The number of nitrogens with zero attached hydrogens (tertiary/aromatic N) is 3. The van der Waals surface area contributed by atoms with Crippen LogP contribution in [0.4, 0.5) is 5.82 Å². The van der Waals surface area contributed by atoms with E-state index in [4.69, 9.17) is 5.73 Å². The summed E-state index contributed by atoms with van der Waals surface area (Å²) in [5.74, 6) is 0.584. The highest BCUT2D eigenvalue weighted by Crippen LogP contribution is 2.09. The summed E-state index contributed by atoms with van der Waals surface area (Å²) in [6.07, 6.45) is 0.910. The maximum atomic E-state index is 11.5. The van der Waals surface area contributed by atoms with Crippen LogP contribution in [0.5, 0.6) is 0 Å². The number of rotatable bonds is 7. The number of amides is 1. The van der Waals surface area contributed by atoms with Gasteiger partial charge in [0.15, 0.2) is 11.5 Å². The van der Waals surface area contributed by atoms with Crippen LogP contribution in [0.25, 0.3) is 0 Å². The molecule has 0 aliphatic carbocycles. The standard InChI is InChI=1S/C12H21N5O/c1-3-14-12(18)10-6-7-11(16-15-10)17(4-2)9-5-8-13/h6-7H,3-5,8-9,13H2,1-2H3,(H,14,18). The van der Waals surface area contributed by atoms with Crippen molar-refractivity contribution in [1.82, 2.24) is 15.5 Å². The van der Waals surface area contributed by atoms with Crippen molar-refractivity contribution in [2.24, 2.45) is 5.73 Å². The van der Waals surface area contributed by atoms with Gasteiger partial charge in [0.1, 0.15) is 0 Å². The van der Waals surface area contributed by atoms with E-state index in [9.17, 15) is 4.79 Å². The maximum Gasteiger partial charge on any atom is 0.271 e. The van der Waals surface area contributed by atoms with E-state index in [0.29, 0.717) is 18.8 Å². The normalized spacial score (nSPS) is 10.2. The molecule has 6 nitrogen and oxygen atoms in total. The van der Waals surface area contributed by atoms with Gasteiger partial charge in [-0.25, -0.2) is 0 Å². The lowest BCUT2D eigenvalue weighted by Gasteiger charge is -2.20. The summed E-state index contributed by atoms with van der Waals surface area (Å²) in [5, 5.41) is 10.7. The van der Waals surface area contributed by atoms with Crippen LogP contribution in [0.2, 0.25) is 0 Å². The lowest BCUT2D eigenvalue weighted by molar-refractivity contribution is 0.0950. The second-order valence-corrected chi connectivity index (χ2v) is 3.86. The minimum atomic E-state index is -0.193. The monoisotopic (exact) mass is 251 g/mol. The number of hydrogen-bond acceptors (Lipinski definition) is 5. The van der Waals surface area contributed by atoms with Crippen LogP contribution in [0.1, 0.15) is 30.8 Å². The fourth-order valence-corrected chi connectivity index (χ4v) is 1.58. The van der Waals surface area contributed by atoms with Gasteiger partial charge in [0, 0.05) is 19.6 Å². The van der Waals surface area contributed by atoms with Gasteiger partial charge in [0.25, 0.3) is 5.91 Å². The Morgan fingerprint density at radius 1 is 1.39 bits per heavy atom. The van der Waals surface area contributed by atoms with Crippen molar-refractivity contribution < 1.29 is 4.79 Å². The quantitative estimate of drug-likeness (QED) is 0.733. The fourth-order valence-electron chi connectivity index (χ4n) is 1.58. The van der Waals surface area contributed by atoms with Gasteiger partial charge in [0.2, 0.25) is 0 Å². The first kappa shape index (κ1) is 14.4. The van der Waals surface area contributed by atoms with Crippen molar-refractivity contribution in [2.75, 3.05) is 31.1 Å². The number of carbonyl (C=O) groups is 1. The molecule has 6 heteroatoms. The largest absolute Gasteiger partial charge is 0.355 e. The zero-order chi connectivity index (χ0) is 13.4. The molecule has 3 N–H and O–H groups in total. The Labute approximate surface area is 108 Å². The van der Waals surface area contributed by atoms with E-state index >= 15 is 0 Å². The fraction of sp³-hybridized carbons (Fsp3) is 0.583. The Morgan fingerprint density at radius 3 is 2.67 bits per heavy atom. The van der Waals surface area contributed by atoms with E-state index in [0.717, 1.165) is 25.3 Å². The molecule has 1 aromatic rings. The van der Waals surface area contributed by atoms with Crippen LogP contribution in [0, 0.1) is 0 Å². The molecule has 0 bridgehead atoms. The van der Waals surface area contributed by atoms with Gasteiger partial charge >= 0.3 is 0 Å². The van der Waals surface area contributed by atoms with Gasteiger partial charge in [-0.1, -0.05) is 0 Å². The summed E-state index contributed by atoms with van der Waals surface area (Å²) in [4.78, 5) is 13.6. The molecular weight excluding hydrogens is 230 g/mol. The number of aromatic nitrogens is 2. The highest BCUT2D eigenvalue weighted by molar-refractivity contribution is 5.92. The molecule has 0 fully saturated rings. The predicted molar refractivity (Wildman–Crippen MR) is 71.6 cm³/mol. The Balaban J connectivity index is 2.71. The topological polar surface area (TPSA) is 84.1 Å². The highest BCUT2D eigenvalue weighted by atomic mass is 16.1. The summed E-state index contributed by atoms with van der Waals surface area (Å²) in [5.41, 5.74) is 5.83. The number of anilines is 1. The SMILES string of the molecule is CCNC(=O)c1ccc(N(CC)CCCN)nn1. The van der Waals surface area contributed by atoms with E-state index in [1.165, 1.54) is 0 Å². The van der Waals surface area contributed by atoms with Crippen molar-refractivity contribution in [3.05, 3.63) is 17.8 Å². The zero-order valence-corrected chi connectivity index (χ0v) is 11.0. The van der Waals surface area contributed by atoms with Gasteiger partial charge in [-0.15, -0.1) is 10.2 Å². The number of nitrogens with two attached hydrogens (primary N) is 1. The molecule has 1 heterocycles. The molecule has 1 aromatic heterocycles. The van der Waals surface area contributed by atoms with Crippen LogP contribution >= 0.6 is 0 Å². The van der Waals surface area contributed by atoms with Gasteiger partial charge in [-0.2, -0.15) is 0 Å². The van der Waals surface area contributed by atoms with Crippen LogP contribution in [0.15, 0.2) is 12.1 Å². The third-order valence-electron chi connectivity index (χ3n) is 2.56. The van der Waals surface area contributed by atoms with Crippen molar-refractivity contribution in [3.8, 4) is 0 Å². The average molecular weight is 251 g/mol. The molecule has 100 valence electrons. The Bertz CT molecular complexity index is 365. The molecule has 0 spiro atoms. The van der Waals surface area contributed by atoms with Crippen molar-refractivity contribution in [3.63, 3.8) is 0 Å². The van der Waals surface area contributed by atoms with Crippen LogP contribution in [0.3, 0.4) is 0 Å². The summed E-state index contributed by atoms with van der Waals surface area (Å²) in [6.45, 7) is 6.85. The number of hydrogen-bond donors (Lipinski definition) is 2. The summed E-state index contributed by atoms with van der Waals surface area (Å²) in [6, 6.07) is 3.51. The number of carbonyl (C=O) groups excluding carboxylic acids is 1. The number of nitrogens with one attached hydrogen (secondary N) is 1. The lowest BCUT2D eigenvalue weighted by Crippen LogP contribution is -2.28. The first-order valence-corrected chi connectivity index (χ1v) is 6.29. The molecule has 1 amide bonds. The molecule has 0 aliphatic rings. The molecule has 0 saturated heterocycles. The van der Waals surface area contributed by atoms with Crippen molar-refractivity contribution in [2.45, 2.75) is 20.3 Å². The third kappa shape index (κ3) is 3.96.